The summed E-state index contributed by atoms with van der Waals surface area (Å²) >= 11 is 0. The fraction of sp³-hybridized carbons (Fsp3) is 0.625. The molecule has 5 aliphatic rings. The first kappa shape index (κ1) is 34.8. The number of aryl methyl sites for hydroxylation is 2. The van der Waals surface area contributed by atoms with Gasteiger partial charge in [0.1, 0.15) is 6.04 Å². The van der Waals surface area contributed by atoms with Crippen molar-refractivity contribution >= 4 is 23.7 Å². The third-order valence-corrected chi connectivity index (χ3v) is 12.6. The minimum atomic E-state index is -0.627. The van der Waals surface area contributed by atoms with Gasteiger partial charge >= 0.3 is 12.1 Å². The third-order valence-electron chi connectivity index (χ3n) is 12.6. The quantitative estimate of drug-likeness (QED) is 0.419. The summed E-state index contributed by atoms with van der Waals surface area (Å²) in [5.41, 5.74) is 5.78. The Bertz CT molecular complexity index is 1520. The Morgan fingerprint density at radius 1 is 0.800 bits per heavy atom. The topological polar surface area (TPSA) is 91.5 Å². The van der Waals surface area contributed by atoms with E-state index >= 15 is 0 Å². The van der Waals surface area contributed by atoms with Gasteiger partial charge in [0.25, 0.3) is 0 Å². The van der Waals surface area contributed by atoms with Gasteiger partial charge in [-0.1, -0.05) is 50.2 Å². The molecule has 2 aromatic carbocycles. The highest BCUT2D eigenvalue weighted by Gasteiger charge is 2.41. The second-order valence-electron chi connectivity index (χ2n) is 15.3. The van der Waals surface area contributed by atoms with Gasteiger partial charge in [-0.3, -0.25) is 9.69 Å². The summed E-state index contributed by atoms with van der Waals surface area (Å²) in [4.78, 5) is 52.3. The Morgan fingerprint density at radius 2 is 1.50 bits per heavy atom. The summed E-state index contributed by atoms with van der Waals surface area (Å²) in [6.07, 6.45) is 9.75. The lowest BCUT2D eigenvalue weighted by atomic mass is 9.95. The lowest BCUT2D eigenvalue weighted by Crippen LogP contribution is -2.60. The smallest absolute Gasteiger partial charge is 0.322 e. The zero-order chi connectivity index (χ0) is 34.8. The zero-order valence-electron chi connectivity index (χ0n) is 30.4. The molecular formula is C40H57N7O3. The molecule has 10 heteroatoms. The first-order valence-electron chi connectivity index (χ1n) is 19.4. The van der Waals surface area contributed by atoms with Crippen LogP contribution >= 0.6 is 0 Å². The molecule has 3 atom stereocenters. The van der Waals surface area contributed by atoms with E-state index in [1.165, 1.54) is 36.8 Å². The maximum Gasteiger partial charge on any atom is 0.322 e. The van der Waals surface area contributed by atoms with Gasteiger partial charge in [-0.2, -0.15) is 0 Å². The molecule has 2 aromatic rings. The fourth-order valence-electron chi connectivity index (χ4n) is 9.48. The molecule has 0 aromatic heterocycles. The van der Waals surface area contributed by atoms with E-state index < -0.39 is 6.04 Å². The fourth-order valence-corrected chi connectivity index (χ4v) is 9.48. The lowest BCUT2D eigenvalue weighted by molar-refractivity contribution is -0.135. The number of likely N-dealkylation sites (tertiary alicyclic amines) is 1. The molecule has 0 radical (unpaired) electrons. The zero-order valence-corrected chi connectivity index (χ0v) is 30.4. The lowest BCUT2D eigenvalue weighted by Gasteiger charge is -2.45. The van der Waals surface area contributed by atoms with Crippen molar-refractivity contribution in [1.82, 2.24) is 29.8 Å². The first-order valence-corrected chi connectivity index (χ1v) is 19.4. The molecule has 5 heterocycles. The number of carbonyl (C=O) groups excluding carboxylic acids is 3. The monoisotopic (exact) mass is 683 g/mol. The number of anilines is 1. The molecule has 50 heavy (non-hydrogen) atoms. The van der Waals surface area contributed by atoms with Gasteiger partial charge in [0.2, 0.25) is 5.91 Å². The van der Waals surface area contributed by atoms with Crippen LogP contribution < -0.4 is 10.6 Å². The van der Waals surface area contributed by atoms with Crippen LogP contribution in [0.1, 0.15) is 74.6 Å². The molecule has 0 aliphatic carbocycles. The van der Waals surface area contributed by atoms with Gasteiger partial charge in [0.05, 0.1) is 0 Å². The number of hydrogen-bond donors (Lipinski definition) is 2. The Kier molecular flexibility index (Phi) is 10.7. The van der Waals surface area contributed by atoms with Crippen molar-refractivity contribution in [3.05, 3.63) is 64.7 Å². The van der Waals surface area contributed by atoms with Crippen LogP contribution in [0.5, 0.6) is 0 Å². The SMILES string of the molecule is CCc1ccc(CC(NC(=O)N2CCC(N3CCc4ccccc4NC3=O)CC2)C(=O)N2CCN(C3CC4CCC(C3)N4C)CC2)cc1CC. The third kappa shape index (κ3) is 7.38. The molecule has 5 aliphatic heterocycles. The van der Waals surface area contributed by atoms with Crippen molar-refractivity contribution in [3.8, 4) is 0 Å². The molecule has 10 nitrogen and oxygen atoms in total. The number of amides is 5. The van der Waals surface area contributed by atoms with Crippen LogP contribution in [0.4, 0.5) is 15.3 Å². The Balaban J connectivity index is 0.984. The van der Waals surface area contributed by atoms with Crippen molar-refractivity contribution in [2.24, 2.45) is 0 Å². The predicted octanol–water partition coefficient (Wildman–Crippen LogP) is 4.76. The summed E-state index contributed by atoms with van der Waals surface area (Å²) in [5.74, 6) is 0.0229. The van der Waals surface area contributed by atoms with E-state index in [-0.39, 0.29) is 24.0 Å². The average molecular weight is 684 g/mol. The van der Waals surface area contributed by atoms with Crippen LogP contribution in [0.2, 0.25) is 0 Å². The molecule has 4 saturated heterocycles. The highest BCUT2D eigenvalue weighted by atomic mass is 16.2. The van der Waals surface area contributed by atoms with Crippen molar-refractivity contribution in [1.29, 1.82) is 0 Å². The van der Waals surface area contributed by atoms with Crippen LogP contribution in [-0.2, 0) is 30.5 Å². The van der Waals surface area contributed by atoms with E-state index in [0.717, 1.165) is 62.0 Å². The average Bonchev–Trinajstić information content (AvgIpc) is 3.29. The number of rotatable bonds is 8. The van der Waals surface area contributed by atoms with Crippen molar-refractivity contribution in [3.63, 3.8) is 0 Å². The van der Waals surface area contributed by atoms with Gasteiger partial charge in [0, 0.05) is 82.1 Å². The summed E-state index contributed by atoms with van der Waals surface area (Å²) in [6.45, 7) is 9.33. The highest BCUT2D eigenvalue weighted by molar-refractivity contribution is 5.91. The molecule has 0 spiro atoms. The standard InChI is InChI=1S/C40H57N7O3/c1-4-29-11-10-28(24-30(29)5-2)25-37(38(48)45-22-20-44(21-23-45)35-26-33-12-13-34(27-35)43(33)3)42-39(49)46-17-15-32(16-18-46)47-19-14-31-8-6-7-9-36(31)41-40(47)50/h6-11,24,32-35,37H,4-5,12-23,25-27H2,1-3H3,(H,41,50)(H,42,49). The van der Waals surface area contributed by atoms with Gasteiger partial charge in [-0.15, -0.1) is 0 Å². The molecule has 270 valence electrons. The van der Waals surface area contributed by atoms with Crippen LogP contribution in [0.3, 0.4) is 0 Å². The van der Waals surface area contributed by atoms with E-state index in [2.05, 4.69) is 65.6 Å². The Morgan fingerprint density at radius 3 is 2.20 bits per heavy atom. The number of para-hydroxylation sites is 1. The first-order chi connectivity index (χ1) is 24.3. The van der Waals surface area contributed by atoms with Gasteiger partial charge in [0.15, 0.2) is 0 Å². The number of urea groups is 2. The Hall–Kier alpha value is -3.63. The minimum Gasteiger partial charge on any atom is -0.338 e. The van der Waals surface area contributed by atoms with E-state index in [1.54, 1.807) is 0 Å². The minimum absolute atomic E-state index is 0.0229. The number of hydrogen-bond acceptors (Lipinski definition) is 5. The number of nitrogens with one attached hydrogen (secondary N) is 2. The summed E-state index contributed by atoms with van der Waals surface area (Å²) < 4.78 is 0. The van der Waals surface area contributed by atoms with Crippen molar-refractivity contribution in [2.45, 2.75) is 108 Å². The van der Waals surface area contributed by atoms with Gasteiger partial charge in [-0.05, 0) is 93.2 Å². The van der Waals surface area contributed by atoms with E-state index in [9.17, 15) is 14.4 Å². The number of piperazine rings is 1. The van der Waals surface area contributed by atoms with Crippen LogP contribution in [0.25, 0.3) is 0 Å². The molecular weight excluding hydrogens is 626 g/mol. The number of carbonyl (C=O) groups is 3. The maximum atomic E-state index is 14.3. The second kappa shape index (κ2) is 15.3. The molecule has 0 saturated carbocycles. The molecule has 2 N–H and O–H groups in total. The summed E-state index contributed by atoms with van der Waals surface area (Å²) in [5, 5.41) is 6.29. The molecule has 4 fully saturated rings. The van der Waals surface area contributed by atoms with E-state index in [0.29, 0.717) is 57.3 Å². The summed E-state index contributed by atoms with van der Waals surface area (Å²) in [7, 11) is 2.29. The van der Waals surface area contributed by atoms with Crippen molar-refractivity contribution < 1.29 is 14.4 Å². The number of piperidine rings is 2. The number of nitrogens with zero attached hydrogens (tertiary/aromatic N) is 5. The summed E-state index contributed by atoms with van der Waals surface area (Å²) in [6, 6.07) is 15.8. The highest BCUT2D eigenvalue weighted by Crippen LogP contribution is 2.36. The normalized spacial score (nSPS) is 25.5. The van der Waals surface area contributed by atoms with Gasteiger partial charge in [-0.25, -0.2) is 9.59 Å². The van der Waals surface area contributed by atoms with Crippen LogP contribution in [0.15, 0.2) is 42.5 Å². The second-order valence-corrected chi connectivity index (χ2v) is 15.3. The van der Waals surface area contributed by atoms with Crippen LogP contribution in [-0.4, -0.2) is 126 Å². The number of benzene rings is 2. The molecule has 3 unspecified atom stereocenters. The molecule has 7 rings (SSSR count). The number of fused-ring (bicyclic) bond motifs is 3. The van der Waals surface area contributed by atoms with Crippen molar-refractivity contribution in [2.75, 3.05) is 58.2 Å². The molecule has 5 amide bonds. The largest absolute Gasteiger partial charge is 0.338 e. The van der Waals surface area contributed by atoms with Gasteiger partial charge < -0.3 is 30.2 Å². The van der Waals surface area contributed by atoms with E-state index in [4.69, 9.17) is 0 Å². The van der Waals surface area contributed by atoms with E-state index in [1.807, 2.05) is 32.9 Å². The predicted molar refractivity (Wildman–Crippen MR) is 197 cm³/mol. The maximum absolute atomic E-state index is 14.3. The molecule has 2 bridgehead atoms. The Labute approximate surface area is 298 Å². The van der Waals surface area contributed by atoms with Crippen LogP contribution in [0, 0.1) is 0 Å².